The fourth-order valence-corrected chi connectivity index (χ4v) is 3.00. The van der Waals surface area contributed by atoms with Crippen molar-refractivity contribution in [1.29, 1.82) is 0 Å². The van der Waals surface area contributed by atoms with Gasteiger partial charge in [-0.1, -0.05) is 37.8 Å². The molecule has 0 atom stereocenters. The summed E-state index contributed by atoms with van der Waals surface area (Å²) in [5.74, 6) is 0.661. The first-order valence-corrected chi connectivity index (χ1v) is 10.8. The molecule has 1 aromatic heterocycles. The van der Waals surface area contributed by atoms with Crippen LogP contribution in [0.4, 0.5) is 0 Å². The van der Waals surface area contributed by atoms with Crippen LogP contribution in [0.3, 0.4) is 0 Å². The molecule has 0 saturated carbocycles. The predicted molar refractivity (Wildman–Crippen MR) is 127 cm³/mol. The Kier molecular flexibility index (Phi) is 9.67. The number of ether oxygens (including phenoxy) is 1. The van der Waals surface area contributed by atoms with Gasteiger partial charge in [0.2, 0.25) is 0 Å². The van der Waals surface area contributed by atoms with Gasteiger partial charge in [0.15, 0.2) is 11.5 Å². The van der Waals surface area contributed by atoms with E-state index in [1.54, 1.807) is 18.2 Å². The van der Waals surface area contributed by atoms with Crippen molar-refractivity contribution in [3.8, 4) is 23.0 Å². The second kappa shape index (κ2) is 12.4. The molecule has 32 heavy (non-hydrogen) atoms. The van der Waals surface area contributed by atoms with Crippen LogP contribution >= 0.6 is 0 Å². The number of benzene rings is 2. The van der Waals surface area contributed by atoms with Crippen LogP contribution in [0.1, 0.15) is 52.0 Å². The fourth-order valence-electron chi connectivity index (χ4n) is 3.00. The van der Waals surface area contributed by atoms with Gasteiger partial charge in [0.05, 0.1) is 0 Å². The first-order valence-electron chi connectivity index (χ1n) is 10.8. The highest BCUT2D eigenvalue weighted by atomic mass is 16.5. The maximum atomic E-state index is 11.1. The molecule has 0 radical (unpaired) electrons. The standard InChI is InChI=1S/C14H14O4.C12H18O2/c1-9(2)5-6-17-13-8-12-10(7-11(13)15)3-4-14(16)18-12;1-2-3-4-5-6-10-7-8-11(13)9-12(10)14/h3-5,7-8,15H,6H2,1-2H3;7-9,13-14H,2-6H2,1H3. The van der Waals surface area contributed by atoms with Crippen molar-refractivity contribution in [3.63, 3.8) is 0 Å². The number of phenols is 3. The average molecular weight is 441 g/mol. The van der Waals surface area contributed by atoms with Gasteiger partial charge < -0.3 is 24.5 Å². The number of allylic oxidation sites excluding steroid dienone is 1. The molecular formula is C26H32O6. The highest BCUT2D eigenvalue weighted by Crippen LogP contribution is 2.30. The van der Waals surface area contributed by atoms with E-state index in [1.807, 2.05) is 19.9 Å². The van der Waals surface area contributed by atoms with E-state index in [-0.39, 0.29) is 17.2 Å². The zero-order valence-electron chi connectivity index (χ0n) is 18.9. The Morgan fingerprint density at radius 2 is 1.75 bits per heavy atom. The first-order chi connectivity index (χ1) is 15.3. The minimum Gasteiger partial charge on any atom is -0.508 e. The van der Waals surface area contributed by atoms with Crippen molar-refractivity contribution < 1.29 is 24.5 Å². The molecule has 0 spiro atoms. The molecule has 1 heterocycles. The molecule has 3 N–H and O–H groups in total. The van der Waals surface area contributed by atoms with Crippen LogP contribution in [0, 0.1) is 0 Å². The smallest absolute Gasteiger partial charge is 0.336 e. The number of unbranched alkanes of at least 4 members (excludes halogenated alkanes) is 3. The van der Waals surface area contributed by atoms with Gasteiger partial charge in [-0.3, -0.25) is 0 Å². The van der Waals surface area contributed by atoms with E-state index in [9.17, 15) is 15.0 Å². The normalized spacial score (nSPS) is 10.3. The number of phenolic OH excluding ortho intramolecular Hbond substituents is 3. The van der Waals surface area contributed by atoms with E-state index in [0.717, 1.165) is 24.0 Å². The minimum absolute atomic E-state index is 0.0264. The van der Waals surface area contributed by atoms with E-state index in [1.165, 1.54) is 43.5 Å². The summed E-state index contributed by atoms with van der Waals surface area (Å²) in [7, 11) is 0. The fraction of sp³-hybridized carbons (Fsp3) is 0.346. The molecule has 2 aromatic carbocycles. The quantitative estimate of drug-likeness (QED) is 0.223. The van der Waals surface area contributed by atoms with Crippen molar-refractivity contribution in [2.45, 2.75) is 52.9 Å². The van der Waals surface area contributed by atoms with Crippen LogP contribution in [0.5, 0.6) is 23.0 Å². The molecule has 6 heteroatoms. The third kappa shape index (κ3) is 8.02. The van der Waals surface area contributed by atoms with E-state index in [2.05, 4.69) is 6.92 Å². The summed E-state index contributed by atoms with van der Waals surface area (Å²) >= 11 is 0. The molecular weight excluding hydrogens is 408 g/mol. The van der Waals surface area contributed by atoms with Gasteiger partial charge in [0, 0.05) is 23.6 Å². The average Bonchev–Trinajstić information content (AvgIpc) is 2.73. The van der Waals surface area contributed by atoms with Crippen LogP contribution < -0.4 is 10.4 Å². The number of hydrogen-bond acceptors (Lipinski definition) is 6. The van der Waals surface area contributed by atoms with Crippen molar-refractivity contribution in [1.82, 2.24) is 0 Å². The number of fused-ring (bicyclic) bond motifs is 1. The highest BCUT2D eigenvalue weighted by molar-refractivity contribution is 5.80. The highest BCUT2D eigenvalue weighted by Gasteiger charge is 2.06. The Hall–Kier alpha value is -3.41. The largest absolute Gasteiger partial charge is 0.508 e. The Labute approximate surface area is 188 Å². The molecule has 0 aliphatic rings. The Morgan fingerprint density at radius 1 is 0.969 bits per heavy atom. The Bertz CT molecular complexity index is 1090. The third-order valence-corrected chi connectivity index (χ3v) is 4.80. The summed E-state index contributed by atoms with van der Waals surface area (Å²) < 4.78 is 10.4. The van der Waals surface area contributed by atoms with Gasteiger partial charge in [0.1, 0.15) is 23.7 Å². The van der Waals surface area contributed by atoms with Gasteiger partial charge in [-0.05, 0) is 56.5 Å². The molecule has 0 saturated heterocycles. The monoisotopic (exact) mass is 440 g/mol. The lowest BCUT2D eigenvalue weighted by molar-refractivity contribution is 0.335. The van der Waals surface area contributed by atoms with Crippen molar-refractivity contribution in [2.75, 3.05) is 6.61 Å². The molecule has 172 valence electrons. The van der Waals surface area contributed by atoms with Crippen LogP contribution in [0.25, 0.3) is 11.0 Å². The summed E-state index contributed by atoms with van der Waals surface area (Å²) in [6, 6.07) is 10.7. The van der Waals surface area contributed by atoms with E-state index >= 15 is 0 Å². The summed E-state index contributed by atoms with van der Waals surface area (Å²) in [6.07, 6.45) is 7.57. The number of aryl methyl sites for hydroxylation is 1. The molecule has 0 bridgehead atoms. The van der Waals surface area contributed by atoms with Crippen LogP contribution in [-0.4, -0.2) is 21.9 Å². The van der Waals surface area contributed by atoms with Gasteiger partial charge >= 0.3 is 5.63 Å². The molecule has 3 rings (SSSR count). The zero-order valence-corrected chi connectivity index (χ0v) is 18.9. The summed E-state index contributed by atoms with van der Waals surface area (Å²) in [4.78, 5) is 11.1. The molecule has 0 amide bonds. The lowest BCUT2D eigenvalue weighted by Crippen LogP contribution is -1.97. The van der Waals surface area contributed by atoms with Crippen molar-refractivity contribution in [2.24, 2.45) is 0 Å². The molecule has 3 aromatic rings. The lowest BCUT2D eigenvalue weighted by Gasteiger charge is -2.07. The maximum Gasteiger partial charge on any atom is 0.336 e. The van der Waals surface area contributed by atoms with Crippen LogP contribution in [0.15, 0.2) is 63.3 Å². The van der Waals surface area contributed by atoms with Crippen molar-refractivity contribution >= 4 is 11.0 Å². The molecule has 0 aliphatic carbocycles. The molecule has 0 fully saturated rings. The van der Waals surface area contributed by atoms with Crippen LogP contribution in [-0.2, 0) is 6.42 Å². The van der Waals surface area contributed by atoms with Crippen LogP contribution in [0.2, 0.25) is 0 Å². The van der Waals surface area contributed by atoms with E-state index in [4.69, 9.17) is 14.3 Å². The minimum atomic E-state index is -0.427. The van der Waals surface area contributed by atoms with Gasteiger partial charge in [-0.25, -0.2) is 4.79 Å². The Morgan fingerprint density at radius 3 is 2.44 bits per heavy atom. The zero-order chi connectivity index (χ0) is 23.5. The third-order valence-electron chi connectivity index (χ3n) is 4.80. The maximum absolute atomic E-state index is 11.1. The van der Waals surface area contributed by atoms with Gasteiger partial charge in [-0.2, -0.15) is 0 Å². The second-order valence-corrected chi connectivity index (χ2v) is 7.83. The lowest BCUT2D eigenvalue weighted by atomic mass is 10.1. The summed E-state index contributed by atoms with van der Waals surface area (Å²) in [5.41, 5.74) is 2.02. The van der Waals surface area contributed by atoms with Gasteiger partial charge in [0.25, 0.3) is 0 Å². The first kappa shape index (κ1) is 24.9. The predicted octanol–water partition coefficient (Wildman–Crippen LogP) is 6.06. The number of hydrogen-bond donors (Lipinski definition) is 3. The van der Waals surface area contributed by atoms with Gasteiger partial charge in [-0.15, -0.1) is 0 Å². The summed E-state index contributed by atoms with van der Waals surface area (Å²) in [6.45, 7) is 6.46. The SMILES string of the molecule is CC(C)=CCOc1cc2oc(=O)ccc2cc1O.CCCCCCc1ccc(O)cc1O. The number of rotatable bonds is 8. The van der Waals surface area contributed by atoms with E-state index in [0.29, 0.717) is 23.3 Å². The Balaban J connectivity index is 0.000000235. The number of aromatic hydroxyl groups is 3. The second-order valence-electron chi connectivity index (χ2n) is 7.83. The summed E-state index contributed by atoms with van der Waals surface area (Å²) in [5, 5.41) is 29.0. The molecule has 6 nitrogen and oxygen atoms in total. The molecule has 0 unspecified atom stereocenters. The molecule has 0 aliphatic heterocycles. The topological polar surface area (TPSA) is 100 Å². The van der Waals surface area contributed by atoms with E-state index < -0.39 is 5.63 Å². The van der Waals surface area contributed by atoms with Crippen molar-refractivity contribution in [3.05, 3.63) is 70.1 Å².